The van der Waals surface area contributed by atoms with Crippen LogP contribution in [0.15, 0.2) is 71.3 Å². The van der Waals surface area contributed by atoms with Gasteiger partial charge in [-0.25, -0.2) is 9.97 Å². The van der Waals surface area contributed by atoms with E-state index in [1.807, 2.05) is 29.6 Å². The van der Waals surface area contributed by atoms with Crippen molar-refractivity contribution in [1.29, 1.82) is 0 Å². The zero-order chi connectivity index (χ0) is 18.5. The molecular formula is C20H18N4OS2. The normalized spacial score (nSPS) is 11.0. The van der Waals surface area contributed by atoms with Crippen LogP contribution in [0.5, 0.6) is 0 Å². The number of hydrogen-bond donors (Lipinski definition) is 1. The topological polar surface area (TPSA) is 59.8 Å². The number of anilines is 1. The summed E-state index contributed by atoms with van der Waals surface area (Å²) in [5.41, 5.74) is 3.33. The molecule has 0 saturated carbocycles. The highest BCUT2D eigenvalue weighted by molar-refractivity contribution is 7.99. The molecule has 2 heterocycles. The number of para-hydroxylation sites is 2. The molecule has 0 unspecified atom stereocenters. The van der Waals surface area contributed by atoms with E-state index < -0.39 is 0 Å². The summed E-state index contributed by atoms with van der Waals surface area (Å²) < 4.78 is 2.20. The summed E-state index contributed by atoms with van der Waals surface area (Å²) in [6.45, 7) is 0.820. The fraction of sp³-hybridized carbons (Fsp3) is 0.150. The smallest absolute Gasteiger partial charge is 0.236 e. The maximum Gasteiger partial charge on any atom is 0.236 e. The molecule has 27 heavy (non-hydrogen) atoms. The molecule has 0 fully saturated rings. The van der Waals surface area contributed by atoms with Crippen molar-refractivity contribution in [3.05, 3.63) is 71.7 Å². The average molecular weight is 395 g/mol. The van der Waals surface area contributed by atoms with Crippen LogP contribution in [0.3, 0.4) is 0 Å². The minimum Gasteiger partial charge on any atom is -0.319 e. The van der Waals surface area contributed by atoms with E-state index in [9.17, 15) is 4.79 Å². The first kappa shape index (κ1) is 17.8. The number of imidazole rings is 1. The van der Waals surface area contributed by atoms with E-state index >= 15 is 0 Å². The van der Waals surface area contributed by atoms with Crippen molar-refractivity contribution >= 4 is 45.2 Å². The first-order chi connectivity index (χ1) is 13.3. The molecule has 1 amide bonds. The van der Waals surface area contributed by atoms with Gasteiger partial charge in [-0.3, -0.25) is 4.79 Å². The van der Waals surface area contributed by atoms with Crippen molar-refractivity contribution in [3.63, 3.8) is 0 Å². The minimum atomic E-state index is -0.0726. The van der Waals surface area contributed by atoms with Crippen LogP contribution in [-0.4, -0.2) is 26.2 Å². The molecule has 136 valence electrons. The SMILES string of the molecule is O=C(CSc1nc2ccccc2n1CCc1ccccc1)Nc1nccs1. The number of rotatable bonds is 7. The summed E-state index contributed by atoms with van der Waals surface area (Å²) in [5.74, 6) is 0.227. The van der Waals surface area contributed by atoms with Crippen LogP contribution >= 0.6 is 23.1 Å². The molecule has 0 spiro atoms. The Morgan fingerprint density at radius 2 is 1.93 bits per heavy atom. The summed E-state index contributed by atoms with van der Waals surface area (Å²) in [6.07, 6.45) is 2.59. The van der Waals surface area contributed by atoms with Crippen LogP contribution in [0.2, 0.25) is 0 Å². The fourth-order valence-corrected chi connectivity index (χ4v) is 4.22. The van der Waals surface area contributed by atoms with Gasteiger partial charge in [0.2, 0.25) is 5.91 Å². The average Bonchev–Trinajstić information content (AvgIpc) is 3.33. The molecule has 0 aliphatic heterocycles. The molecule has 5 nitrogen and oxygen atoms in total. The number of thioether (sulfide) groups is 1. The van der Waals surface area contributed by atoms with Crippen molar-refractivity contribution in [1.82, 2.24) is 14.5 Å². The molecule has 0 saturated heterocycles. The largest absolute Gasteiger partial charge is 0.319 e. The standard InChI is InChI=1S/C20H18N4OS2/c25-18(23-19-21-11-13-26-19)14-27-20-22-16-8-4-5-9-17(16)24(20)12-10-15-6-2-1-3-7-15/h1-9,11,13H,10,12,14H2,(H,21,23,25). The summed E-state index contributed by atoms with van der Waals surface area (Å²) in [6, 6.07) is 18.5. The number of hydrogen-bond acceptors (Lipinski definition) is 5. The van der Waals surface area contributed by atoms with E-state index in [-0.39, 0.29) is 5.91 Å². The van der Waals surface area contributed by atoms with Crippen LogP contribution in [-0.2, 0) is 17.8 Å². The van der Waals surface area contributed by atoms with Crippen molar-refractivity contribution in [2.24, 2.45) is 0 Å². The van der Waals surface area contributed by atoms with Crippen LogP contribution in [0.25, 0.3) is 11.0 Å². The molecule has 0 aliphatic carbocycles. The van der Waals surface area contributed by atoms with Gasteiger partial charge in [-0.2, -0.15) is 0 Å². The van der Waals surface area contributed by atoms with Crippen molar-refractivity contribution < 1.29 is 4.79 Å². The number of nitrogens with zero attached hydrogens (tertiary/aromatic N) is 3. The molecule has 2 aromatic heterocycles. The van der Waals surface area contributed by atoms with Crippen LogP contribution in [0.4, 0.5) is 5.13 Å². The first-order valence-electron chi connectivity index (χ1n) is 8.61. The fourth-order valence-electron chi connectivity index (χ4n) is 2.84. The first-order valence-corrected chi connectivity index (χ1v) is 10.5. The van der Waals surface area contributed by atoms with Gasteiger partial charge >= 0.3 is 0 Å². The van der Waals surface area contributed by atoms with E-state index in [0.29, 0.717) is 10.9 Å². The van der Waals surface area contributed by atoms with Gasteiger partial charge in [0.25, 0.3) is 0 Å². The number of amides is 1. The van der Waals surface area contributed by atoms with Crippen molar-refractivity contribution in [3.8, 4) is 0 Å². The third-order valence-electron chi connectivity index (χ3n) is 4.10. The second-order valence-electron chi connectivity index (χ2n) is 5.94. The van der Waals surface area contributed by atoms with Gasteiger partial charge in [-0.15, -0.1) is 11.3 Å². The highest BCUT2D eigenvalue weighted by Gasteiger charge is 2.13. The Hall–Kier alpha value is -2.64. The lowest BCUT2D eigenvalue weighted by molar-refractivity contribution is -0.113. The van der Waals surface area contributed by atoms with E-state index in [4.69, 9.17) is 4.98 Å². The van der Waals surface area contributed by atoms with Gasteiger partial charge in [0.15, 0.2) is 10.3 Å². The van der Waals surface area contributed by atoms with Gasteiger partial charge in [0, 0.05) is 18.1 Å². The molecule has 0 aliphatic rings. The zero-order valence-corrected chi connectivity index (χ0v) is 16.2. The molecular weight excluding hydrogens is 376 g/mol. The maximum atomic E-state index is 12.2. The lowest BCUT2D eigenvalue weighted by Gasteiger charge is -2.09. The van der Waals surface area contributed by atoms with Crippen LogP contribution in [0, 0.1) is 0 Å². The molecule has 0 bridgehead atoms. The molecule has 4 aromatic rings. The monoisotopic (exact) mass is 394 g/mol. The summed E-state index contributed by atoms with van der Waals surface area (Å²) in [7, 11) is 0. The van der Waals surface area contributed by atoms with Gasteiger partial charge in [-0.1, -0.05) is 54.2 Å². The number of benzene rings is 2. The Balaban J connectivity index is 1.50. The molecule has 0 radical (unpaired) electrons. The van der Waals surface area contributed by atoms with E-state index in [2.05, 4.69) is 45.2 Å². The summed E-state index contributed by atoms with van der Waals surface area (Å²) >= 11 is 2.87. The Kier molecular flexibility index (Phi) is 5.50. The minimum absolute atomic E-state index is 0.0726. The lowest BCUT2D eigenvalue weighted by atomic mass is 10.1. The predicted molar refractivity (Wildman–Crippen MR) is 111 cm³/mol. The highest BCUT2D eigenvalue weighted by atomic mass is 32.2. The molecule has 2 aromatic carbocycles. The molecule has 7 heteroatoms. The highest BCUT2D eigenvalue weighted by Crippen LogP contribution is 2.25. The van der Waals surface area contributed by atoms with Crippen molar-refractivity contribution in [2.45, 2.75) is 18.1 Å². The van der Waals surface area contributed by atoms with E-state index in [1.54, 1.807) is 6.20 Å². The zero-order valence-electron chi connectivity index (χ0n) is 14.5. The summed E-state index contributed by atoms with van der Waals surface area (Å²) in [5, 5.41) is 6.14. The predicted octanol–water partition coefficient (Wildman–Crippen LogP) is 4.47. The van der Waals surface area contributed by atoms with Gasteiger partial charge in [0.1, 0.15) is 0 Å². The van der Waals surface area contributed by atoms with Crippen LogP contribution in [0.1, 0.15) is 5.56 Å². The van der Waals surface area contributed by atoms with Gasteiger partial charge < -0.3 is 9.88 Å². The third kappa shape index (κ3) is 4.37. The number of nitrogens with one attached hydrogen (secondary N) is 1. The Labute approximate surface area is 165 Å². The van der Waals surface area contributed by atoms with Gasteiger partial charge in [0.05, 0.1) is 16.8 Å². The molecule has 1 N–H and O–H groups in total. The maximum absolute atomic E-state index is 12.2. The van der Waals surface area contributed by atoms with E-state index in [1.165, 1.54) is 28.7 Å². The Morgan fingerprint density at radius 3 is 2.74 bits per heavy atom. The number of fused-ring (bicyclic) bond motifs is 1. The number of aromatic nitrogens is 3. The quantitative estimate of drug-likeness (QED) is 0.470. The Bertz CT molecular complexity index is 1030. The lowest BCUT2D eigenvalue weighted by Crippen LogP contribution is -2.14. The van der Waals surface area contributed by atoms with Crippen molar-refractivity contribution in [2.75, 3.05) is 11.1 Å². The third-order valence-corrected chi connectivity index (χ3v) is 5.76. The second kappa shape index (κ2) is 8.37. The Morgan fingerprint density at radius 1 is 1.11 bits per heavy atom. The van der Waals surface area contributed by atoms with E-state index in [0.717, 1.165) is 29.2 Å². The summed E-state index contributed by atoms with van der Waals surface area (Å²) in [4.78, 5) is 21.0. The van der Waals surface area contributed by atoms with Gasteiger partial charge in [-0.05, 0) is 24.1 Å². The number of carbonyl (C=O) groups is 1. The van der Waals surface area contributed by atoms with Crippen LogP contribution < -0.4 is 5.32 Å². The second-order valence-corrected chi connectivity index (χ2v) is 7.78. The molecule has 4 rings (SSSR count). The number of carbonyl (C=O) groups excluding carboxylic acids is 1. The number of thiazole rings is 1. The molecule has 0 atom stereocenters. The number of aryl methyl sites for hydroxylation is 2.